The average Bonchev–Trinajstić information content (AvgIpc) is 3.06. The summed E-state index contributed by atoms with van der Waals surface area (Å²) in [5.41, 5.74) is 1.86. The second-order valence-corrected chi connectivity index (χ2v) is 5.78. The number of aliphatic hydroxyl groups excluding tert-OH is 1. The van der Waals surface area contributed by atoms with Crippen LogP contribution < -0.4 is 11.2 Å². The van der Waals surface area contributed by atoms with Gasteiger partial charge in [0.15, 0.2) is 11.2 Å². The first-order chi connectivity index (χ1) is 11.4. The van der Waals surface area contributed by atoms with Crippen molar-refractivity contribution in [2.45, 2.75) is 20.4 Å². The van der Waals surface area contributed by atoms with Gasteiger partial charge in [-0.15, -0.1) is 0 Å². The predicted molar refractivity (Wildman–Crippen MR) is 88.5 cm³/mol. The molecular weight excluding hydrogens is 314 g/mol. The third kappa shape index (κ3) is 2.20. The van der Waals surface area contributed by atoms with Crippen LogP contribution in [0.4, 0.5) is 0 Å². The zero-order valence-electron chi connectivity index (χ0n) is 14.2. The molecule has 0 unspecified atom stereocenters. The number of imidazole rings is 2. The molecule has 3 heterocycles. The standard InChI is InChI=1S/C15H21N5O4/c1-9-10(2)20-11-12(17(3)15(23)18(4)13(11)22)16-14(20)19(9)5-7-24-8-6-21/h21H,5-8H2,1-4H3. The van der Waals surface area contributed by atoms with E-state index in [2.05, 4.69) is 4.98 Å². The van der Waals surface area contributed by atoms with Crippen molar-refractivity contribution >= 4 is 16.9 Å². The summed E-state index contributed by atoms with van der Waals surface area (Å²) >= 11 is 0. The molecule has 24 heavy (non-hydrogen) atoms. The predicted octanol–water partition coefficient (Wildman–Crippen LogP) is -0.688. The Morgan fingerprint density at radius 3 is 2.46 bits per heavy atom. The summed E-state index contributed by atoms with van der Waals surface area (Å²) < 4.78 is 11.5. The minimum atomic E-state index is -0.402. The molecule has 0 spiro atoms. The summed E-state index contributed by atoms with van der Waals surface area (Å²) in [5.74, 6) is 0.603. The molecule has 1 N–H and O–H groups in total. The van der Waals surface area contributed by atoms with E-state index in [0.29, 0.717) is 30.1 Å². The van der Waals surface area contributed by atoms with Gasteiger partial charge in [-0.1, -0.05) is 0 Å². The highest BCUT2D eigenvalue weighted by molar-refractivity contribution is 5.76. The van der Waals surface area contributed by atoms with E-state index in [1.807, 2.05) is 18.4 Å². The maximum atomic E-state index is 12.6. The monoisotopic (exact) mass is 335 g/mol. The van der Waals surface area contributed by atoms with Crippen molar-refractivity contribution in [3.05, 3.63) is 32.2 Å². The number of aromatic nitrogens is 5. The van der Waals surface area contributed by atoms with Crippen LogP contribution in [0.2, 0.25) is 0 Å². The molecule has 9 heteroatoms. The minimum Gasteiger partial charge on any atom is -0.394 e. The molecule has 0 fully saturated rings. The fraction of sp³-hybridized carbons (Fsp3) is 0.533. The first kappa shape index (κ1) is 16.5. The lowest BCUT2D eigenvalue weighted by atomic mass is 10.3. The van der Waals surface area contributed by atoms with Crippen LogP contribution in [0, 0.1) is 13.8 Å². The molecule has 0 atom stereocenters. The van der Waals surface area contributed by atoms with Gasteiger partial charge in [0, 0.05) is 32.0 Å². The summed E-state index contributed by atoms with van der Waals surface area (Å²) in [7, 11) is 3.07. The molecule has 0 aliphatic carbocycles. The topological polar surface area (TPSA) is 95.7 Å². The lowest BCUT2D eigenvalue weighted by Gasteiger charge is -2.06. The van der Waals surface area contributed by atoms with Crippen LogP contribution in [0.15, 0.2) is 9.59 Å². The number of nitrogens with zero attached hydrogens (tertiary/aromatic N) is 5. The molecule has 0 saturated carbocycles. The number of aliphatic hydroxyl groups is 1. The van der Waals surface area contributed by atoms with Gasteiger partial charge in [-0.05, 0) is 13.8 Å². The lowest BCUT2D eigenvalue weighted by Crippen LogP contribution is -2.37. The van der Waals surface area contributed by atoms with Crippen LogP contribution in [0.3, 0.4) is 0 Å². The van der Waals surface area contributed by atoms with Gasteiger partial charge in [-0.3, -0.25) is 18.3 Å². The van der Waals surface area contributed by atoms with Crippen molar-refractivity contribution in [3.63, 3.8) is 0 Å². The highest BCUT2D eigenvalue weighted by Crippen LogP contribution is 2.20. The van der Waals surface area contributed by atoms with Gasteiger partial charge in [0.1, 0.15) is 0 Å². The van der Waals surface area contributed by atoms with Crippen LogP contribution in [0.1, 0.15) is 11.4 Å². The third-order valence-electron chi connectivity index (χ3n) is 4.44. The molecule has 130 valence electrons. The number of ether oxygens (including phenoxy) is 1. The molecular formula is C15H21N5O4. The van der Waals surface area contributed by atoms with E-state index in [-0.39, 0.29) is 18.8 Å². The van der Waals surface area contributed by atoms with Crippen molar-refractivity contribution in [2.75, 3.05) is 19.8 Å². The van der Waals surface area contributed by atoms with Crippen molar-refractivity contribution in [3.8, 4) is 0 Å². The normalized spacial score (nSPS) is 11.9. The zero-order valence-corrected chi connectivity index (χ0v) is 14.2. The molecule has 3 aromatic rings. The van der Waals surface area contributed by atoms with E-state index < -0.39 is 5.69 Å². The Morgan fingerprint density at radius 2 is 1.79 bits per heavy atom. The number of hydrogen-bond acceptors (Lipinski definition) is 5. The molecule has 0 saturated heterocycles. The van der Waals surface area contributed by atoms with Gasteiger partial charge in [0.2, 0.25) is 5.78 Å². The Morgan fingerprint density at radius 1 is 1.08 bits per heavy atom. The maximum absolute atomic E-state index is 12.6. The van der Waals surface area contributed by atoms with Gasteiger partial charge >= 0.3 is 5.69 Å². The zero-order chi connectivity index (χ0) is 17.6. The van der Waals surface area contributed by atoms with Crippen LogP contribution in [0.5, 0.6) is 0 Å². The van der Waals surface area contributed by atoms with Gasteiger partial charge in [-0.25, -0.2) is 4.79 Å². The number of aryl methyl sites for hydroxylation is 2. The Kier molecular flexibility index (Phi) is 4.06. The molecule has 3 rings (SSSR count). The van der Waals surface area contributed by atoms with Crippen LogP contribution in [-0.4, -0.2) is 48.0 Å². The van der Waals surface area contributed by atoms with E-state index in [0.717, 1.165) is 16.0 Å². The third-order valence-corrected chi connectivity index (χ3v) is 4.44. The maximum Gasteiger partial charge on any atom is 0.332 e. The molecule has 0 amide bonds. The summed E-state index contributed by atoms with van der Waals surface area (Å²) in [6, 6.07) is 0. The number of rotatable bonds is 5. The van der Waals surface area contributed by atoms with E-state index in [4.69, 9.17) is 9.84 Å². The summed E-state index contributed by atoms with van der Waals surface area (Å²) in [6.45, 7) is 5.09. The van der Waals surface area contributed by atoms with Crippen molar-refractivity contribution < 1.29 is 9.84 Å². The van der Waals surface area contributed by atoms with Crippen molar-refractivity contribution in [2.24, 2.45) is 14.1 Å². The quantitative estimate of drug-likeness (QED) is 0.623. The molecule has 9 nitrogen and oxygen atoms in total. The fourth-order valence-corrected chi connectivity index (χ4v) is 2.98. The Hall–Kier alpha value is -2.39. The van der Waals surface area contributed by atoms with E-state index in [1.165, 1.54) is 11.6 Å². The smallest absolute Gasteiger partial charge is 0.332 e. The summed E-state index contributed by atoms with van der Waals surface area (Å²) in [4.78, 5) is 29.2. The Bertz CT molecular complexity index is 1040. The molecule has 0 aromatic carbocycles. The largest absolute Gasteiger partial charge is 0.394 e. The van der Waals surface area contributed by atoms with Gasteiger partial charge in [0.25, 0.3) is 5.56 Å². The molecule has 0 bridgehead atoms. The SMILES string of the molecule is Cc1c(C)n2c3c(=O)n(C)c(=O)n(C)c3nc2n1CCOCCO. The average molecular weight is 335 g/mol. The number of hydrogen-bond donors (Lipinski definition) is 1. The molecule has 0 aliphatic rings. The van der Waals surface area contributed by atoms with Crippen molar-refractivity contribution in [1.82, 2.24) is 23.1 Å². The van der Waals surface area contributed by atoms with E-state index in [9.17, 15) is 9.59 Å². The second kappa shape index (κ2) is 5.91. The number of fused-ring (bicyclic) bond motifs is 3. The van der Waals surface area contributed by atoms with E-state index >= 15 is 0 Å². The summed E-state index contributed by atoms with van der Waals surface area (Å²) in [6.07, 6.45) is 0. The highest BCUT2D eigenvalue weighted by atomic mass is 16.5. The lowest BCUT2D eigenvalue weighted by molar-refractivity contribution is 0.0872. The van der Waals surface area contributed by atoms with Gasteiger partial charge < -0.3 is 14.4 Å². The fourth-order valence-electron chi connectivity index (χ4n) is 2.98. The second-order valence-electron chi connectivity index (χ2n) is 5.78. The van der Waals surface area contributed by atoms with Gasteiger partial charge in [0.05, 0.1) is 19.8 Å². The highest BCUT2D eigenvalue weighted by Gasteiger charge is 2.21. The first-order valence-electron chi connectivity index (χ1n) is 7.72. The van der Waals surface area contributed by atoms with E-state index in [1.54, 1.807) is 11.4 Å². The summed E-state index contributed by atoms with van der Waals surface area (Å²) in [5, 5.41) is 8.78. The minimum absolute atomic E-state index is 0.0233. The Balaban J connectivity index is 2.28. The van der Waals surface area contributed by atoms with Crippen LogP contribution in [-0.2, 0) is 25.4 Å². The van der Waals surface area contributed by atoms with Crippen molar-refractivity contribution in [1.29, 1.82) is 0 Å². The molecule has 0 radical (unpaired) electrons. The molecule has 0 aliphatic heterocycles. The van der Waals surface area contributed by atoms with Gasteiger partial charge in [-0.2, -0.15) is 4.98 Å². The first-order valence-corrected chi connectivity index (χ1v) is 7.72. The van der Waals surface area contributed by atoms with Crippen LogP contribution in [0.25, 0.3) is 16.9 Å². The molecule has 3 aromatic heterocycles. The Labute approximate surface area is 137 Å². The van der Waals surface area contributed by atoms with Crippen LogP contribution >= 0.6 is 0 Å².